The molecule has 1 fully saturated rings. The third-order valence-electron chi connectivity index (χ3n) is 3.58. The van der Waals surface area contributed by atoms with Crippen molar-refractivity contribution in [2.75, 3.05) is 13.7 Å². The third-order valence-corrected chi connectivity index (χ3v) is 3.58. The van der Waals surface area contributed by atoms with Crippen LogP contribution in [0.4, 0.5) is 8.78 Å². The molecule has 1 saturated carbocycles. The number of hydrogen-bond acceptors (Lipinski definition) is 4. The van der Waals surface area contributed by atoms with Gasteiger partial charge in [0, 0.05) is 19.1 Å². The fourth-order valence-electron chi connectivity index (χ4n) is 2.41. The molecule has 21 heavy (non-hydrogen) atoms. The number of rotatable bonds is 6. The molecule has 6 heteroatoms. The Hall–Kier alpha value is -1.69. The first-order valence-electron chi connectivity index (χ1n) is 6.73. The maximum absolute atomic E-state index is 13.4. The molecule has 0 aromatic heterocycles. The lowest BCUT2D eigenvalue weighted by atomic mass is 9.94. The van der Waals surface area contributed by atoms with Crippen LogP contribution in [-0.2, 0) is 10.3 Å². The summed E-state index contributed by atoms with van der Waals surface area (Å²) in [6.07, 6.45) is 1.29. The average molecular weight is 300 g/mol. The van der Waals surface area contributed by atoms with Crippen molar-refractivity contribution in [2.24, 2.45) is 0 Å². The molecule has 4 nitrogen and oxygen atoms in total. The quantitative estimate of drug-likeness (QED) is 0.819. The minimum absolute atomic E-state index is 0.131. The number of hydrogen-bond donors (Lipinski definition) is 1. The molecule has 0 atom stereocenters. The van der Waals surface area contributed by atoms with Crippen LogP contribution in [0.5, 0.6) is 11.5 Å². The highest BCUT2D eigenvalue weighted by Crippen LogP contribution is 2.52. The summed E-state index contributed by atoms with van der Waals surface area (Å²) >= 11 is 0. The number of Topliss-reactive ketones (excluding diaryl/α,β-unsaturated/α-hetero) is 1. The Morgan fingerprint density at radius 3 is 2.48 bits per heavy atom. The molecule has 0 bridgehead atoms. The van der Waals surface area contributed by atoms with Gasteiger partial charge < -0.3 is 14.6 Å². The number of halogens is 2. The molecule has 0 heterocycles. The van der Waals surface area contributed by atoms with Crippen LogP contribution < -0.4 is 4.74 Å². The first kappa shape index (κ1) is 15.7. The van der Waals surface area contributed by atoms with Gasteiger partial charge in [-0.15, -0.1) is 0 Å². The Morgan fingerprint density at radius 2 is 2.05 bits per heavy atom. The molecule has 2 rings (SSSR count). The van der Waals surface area contributed by atoms with Crippen molar-refractivity contribution < 1.29 is 28.2 Å². The van der Waals surface area contributed by atoms with Gasteiger partial charge in [-0.2, -0.15) is 8.78 Å². The van der Waals surface area contributed by atoms with Gasteiger partial charge in [-0.3, -0.25) is 4.79 Å². The number of benzene rings is 1. The number of aromatic hydroxyl groups is 1. The van der Waals surface area contributed by atoms with Gasteiger partial charge in [0.05, 0.1) is 12.7 Å². The molecule has 116 valence electrons. The van der Waals surface area contributed by atoms with E-state index in [0.29, 0.717) is 31.9 Å². The molecule has 0 saturated heterocycles. The summed E-state index contributed by atoms with van der Waals surface area (Å²) < 4.78 is 37.4. The lowest BCUT2D eigenvalue weighted by molar-refractivity contribution is 0.0193. The summed E-state index contributed by atoms with van der Waals surface area (Å²) in [5.74, 6) is -5.06. The molecule has 0 unspecified atom stereocenters. The number of methoxy groups -OCH3 is 1. The molecular formula is C15H18F2O4. The number of carbonyl (C=O) groups excluding carboxylic acids is 1. The largest absolute Gasteiger partial charge is 0.504 e. The molecule has 1 aliphatic carbocycles. The molecular weight excluding hydrogens is 282 g/mol. The second-order valence-electron chi connectivity index (χ2n) is 5.21. The summed E-state index contributed by atoms with van der Waals surface area (Å²) in [6.45, 7) is 2.74. The Bertz CT molecular complexity index is 560. The normalized spacial score (nSPS) is 16.6. The van der Waals surface area contributed by atoms with Crippen LogP contribution in [0.25, 0.3) is 0 Å². The minimum atomic E-state index is -3.52. The number of alkyl halides is 2. The van der Waals surface area contributed by atoms with Crippen LogP contribution in [0.3, 0.4) is 0 Å². The fraction of sp³-hybridized carbons (Fsp3) is 0.533. The highest BCUT2D eigenvalue weighted by Gasteiger charge is 2.49. The Balaban J connectivity index is 2.58. The van der Waals surface area contributed by atoms with Crippen LogP contribution in [0, 0.1) is 0 Å². The Kier molecular flexibility index (Phi) is 3.93. The number of phenolic OH excluding ortho intramolecular Hbond substituents is 1. The van der Waals surface area contributed by atoms with Gasteiger partial charge in [0.25, 0.3) is 0 Å². The number of ether oxygens (including phenoxy) is 2. The van der Waals surface area contributed by atoms with E-state index in [2.05, 4.69) is 0 Å². The summed E-state index contributed by atoms with van der Waals surface area (Å²) in [7, 11) is 1.36. The molecule has 0 radical (unpaired) electrons. The monoisotopic (exact) mass is 300 g/mol. The van der Waals surface area contributed by atoms with E-state index < -0.39 is 17.3 Å². The number of ketones is 1. The van der Waals surface area contributed by atoms with E-state index in [4.69, 9.17) is 9.47 Å². The summed E-state index contributed by atoms with van der Waals surface area (Å²) in [5, 5.41) is 9.78. The first-order valence-corrected chi connectivity index (χ1v) is 6.73. The summed E-state index contributed by atoms with van der Waals surface area (Å²) in [5.41, 5.74) is -0.594. The topological polar surface area (TPSA) is 55.8 Å². The van der Waals surface area contributed by atoms with Crippen molar-refractivity contribution in [1.82, 2.24) is 0 Å². The number of carbonyl (C=O) groups is 1. The first-order chi connectivity index (χ1) is 9.75. The van der Waals surface area contributed by atoms with Crippen LogP contribution >= 0.6 is 0 Å². The average Bonchev–Trinajstić information content (AvgIpc) is 3.17. The predicted octanol–water partition coefficient (Wildman–Crippen LogP) is 3.26. The lowest BCUT2D eigenvalue weighted by Gasteiger charge is -2.22. The molecule has 1 aromatic carbocycles. The third kappa shape index (κ3) is 2.85. The van der Waals surface area contributed by atoms with E-state index in [1.807, 2.05) is 0 Å². The minimum Gasteiger partial charge on any atom is -0.504 e. The SMILES string of the molecule is CCOC1(c2cc(OC)c(O)cc2C(=O)C(C)(F)F)CC1. The van der Waals surface area contributed by atoms with E-state index in [0.717, 1.165) is 6.07 Å². The summed E-state index contributed by atoms with van der Waals surface area (Å²) in [6, 6.07) is 2.45. The summed E-state index contributed by atoms with van der Waals surface area (Å²) in [4.78, 5) is 12.0. The molecule has 1 aliphatic rings. The van der Waals surface area contributed by atoms with E-state index in [9.17, 15) is 18.7 Å². The van der Waals surface area contributed by atoms with Crippen LogP contribution in [0.15, 0.2) is 12.1 Å². The molecule has 1 aromatic rings. The van der Waals surface area contributed by atoms with Crippen molar-refractivity contribution in [2.45, 2.75) is 38.2 Å². The van der Waals surface area contributed by atoms with Crippen molar-refractivity contribution >= 4 is 5.78 Å². The van der Waals surface area contributed by atoms with Crippen molar-refractivity contribution in [3.63, 3.8) is 0 Å². The van der Waals surface area contributed by atoms with Gasteiger partial charge in [0.2, 0.25) is 5.78 Å². The highest BCUT2D eigenvalue weighted by atomic mass is 19.3. The van der Waals surface area contributed by atoms with Gasteiger partial charge in [-0.05, 0) is 37.5 Å². The second-order valence-corrected chi connectivity index (χ2v) is 5.21. The molecule has 0 aliphatic heterocycles. The van der Waals surface area contributed by atoms with E-state index in [1.54, 1.807) is 6.92 Å². The van der Waals surface area contributed by atoms with Gasteiger partial charge in [0.15, 0.2) is 11.5 Å². The molecule has 1 N–H and O–H groups in total. The zero-order valence-corrected chi connectivity index (χ0v) is 12.2. The van der Waals surface area contributed by atoms with Crippen molar-refractivity contribution in [1.29, 1.82) is 0 Å². The van der Waals surface area contributed by atoms with Crippen LogP contribution in [0.2, 0.25) is 0 Å². The van der Waals surface area contributed by atoms with Gasteiger partial charge in [-0.25, -0.2) is 0 Å². The fourth-order valence-corrected chi connectivity index (χ4v) is 2.41. The highest BCUT2D eigenvalue weighted by molar-refractivity contribution is 6.03. The zero-order valence-electron chi connectivity index (χ0n) is 12.2. The van der Waals surface area contributed by atoms with Crippen molar-refractivity contribution in [3.05, 3.63) is 23.3 Å². The van der Waals surface area contributed by atoms with E-state index >= 15 is 0 Å². The molecule has 0 spiro atoms. The Morgan fingerprint density at radius 1 is 1.43 bits per heavy atom. The van der Waals surface area contributed by atoms with Gasteiger partial charge in [0.1, 0.15) is 0 Å². The number of phenols is 1. The lowest BCUT2D eigenvalue weighted by Crippen LogP contribution is -2.27. The second kappa shape index (κ2) is 5.26. The maximum Gasteiger partial charge on any atom is 0.307 e. The van der Waals surface area contributed by atoms with Crippen LogP contribution in [0.1, 0.15) is 42.6 Å². The maximum atomic E-state index is 13.4. The zero-order chi connectivity index (χ0) is 15.8. The standard InChI is InChI=1S/C15H18F2O4/c1-4-21-15(5-6-15)10-8-12(20-3)11(18)7-9(10)13(19)14(2,16)17/h7-8,18H,4-6H2,1-3H3. The Labute approximate surface area is 121 Å². The predicted molar refractivity (Wildman–Crippen MR) is 72.1 cm³/mol. The van der Waals surface area contributed by atoms with E-state index in [-0.39, 0.29) is 17.1 Å². The van der Waals surface area contributed by atoms with E-state index in [1.165, 1.54) is 13.2 Å². The smallest absolute Gasteiger partial charge is 0.307 e. The van der Waals surface area contributed by atoms with Crippen LogP contribution in [-0.4, -0.2) is 30.5 Å². The van der Waals surface area contributed by atoms with Gasteiger partial charge >= 0.3 is 5.92 Å². The molecule has 0 amide bonds. The van der Waals surface area contributed by atoms with Crippen molar-refractivity contribution in [3.8, 4) is 11.5 Å². The van der Waals surface area contributed by atoms with Gasteiger partial charge in [-0.1, -0.05) is 0 Å².